The first-order valence-electron chi connectivity index (χ1n) is 3.40. The monoisotopic (exact) mass is 285 g/mol. The first-order valence-corrected chi connectivity index (χ1v) is 5.93. The van der Waals surface area contributed by atoms with Crippen LogP contribution in [0.3, 0.4) is 0 Å². The van der Waals surface area contributed by atoms with E-state index in [9.17, 15) is 0 Å². The molecule has 2 N–H and O–H groups in total. The summed E-state index contributed by atoms with van der Waals surface area (Å²) >= 11 is 2.21. The molecule has 63 valence electrons. The van der Waals surface area contributed by atoms with Crippen LogP contribution in [0.2, 0.25) is 0 Å². The molecule has 0 saturated carbocycles. The summed E-state index contributed by atoms with van der Waals surface area (Å²) in [6.07, 6.45) is 3.45. The molecule has 0 spiro atoms. The van der Waals surface area contributed by atoms with Crippen LogP contribution >= 0.6 is 30.8 Å². The highest BCUT2D eigenvalue weighted by atomic mass is 127. The predicted molar refractivity (Wildman–Crippen MR) is 59.8 cm³/mol. The van der Waals surface area contributed by atoms with Crippen molar-refractivity contribution < 1.29 is 10.2 Å². The molecule has 5 heteroatoms. The van der Waals surface area contributed by atoms with E-state index >= 15 is 0 Å². The van der Waals surface area contributed by atoms with Crippen LogP contribution in [0.25, 0.3) is 0 Å². The quantitative estimate of drug-likeness (QED) is 0.330. The summed E-state index contributed by atoms with van der Waals surface area (Å²) < 4.78 is 0. The molecule has 0 bridgehead atoms. The molecule has 1 atom stereocenters. The second-order valence-electron chi connectivity index (χ2n) is 2.01. The lowest BCUT2D eigenvalue weighted by Gasteiger charge is -2.02. The van der Waals surface area contributed by atoms with Crippen LogP contribution in [0.4, 0.5) is 0 Å². The summed E-state index contributed by atoms with van der Waals surface area (Å²) in [7, 11) is 0.786. The minimum absolute atomic E-state index is 0.0844. The summed E-state index contributed by atoms with van der Waals surface area (Å²) in [5, 5.41) is 17.2. The van der Waals surface area contributed by atoms with E-state index in [2.05, 4.69) is 27.2 Å². The molecule has 0 aromatic heterocycles. The van der Waals surface area contributed by atoms with Crippen LogP contribution in [-0.2, 0) is 0 Å². The molecule has 1 unspecified atom stereocenters. The highest BCUT2D eigenvalue weighted by Gasteiger charge is 1.95. The van der Waals surface area contributed by atoms with Crippen LogP contribution in [0.1, 0.15) is 6.42 Å². The maximum atomic E-state index is 8.63. The van der Waals surface area contributed by atoms with E-state index in [1.54, 1.807) is 6.08 Å². The Morgan fingerprint density at radius 3 is 2.73 bits per heavy atom. The Bertz CT molecular complexity index is 121. The second kappa shape index (κ2) is 8.98. The normalized spacial score (nSPS) is 12.8. The maximum Gasteiger partial charge on any atom is 0.230 e. The van der Waals surface area contributed by atoms with Gasteiger partial charge in [-0.15, -0.1) is 8.46 Å². The summed E-state index contributed by atoms with van der Waals surface area (Å²) in [6.45, 7) is 0.263. The Labute approximate surface area is 83.3 Å². The minimum atomic E-state index is 0.0844. The van der Waals surface area contributed by atoms with Crippen molar-refractivity contribution in [2.24, 2.45) is 0 Å². The zero-order chi connectivity index (χ0) is 8.53. The van der Waals surface area contributed by atoms with Gasteiger partial charge in [0.2, 0.25) is 4.86 Å². The molecule has 0 rings (SSSR count). The van der Waals surface area contributed by atoms with Crippen LogP contribution in [0, 0.1) is 0 Å². The minimum Gasteiger partial charge on any atom is -0.396 e. The fourth-order valence-electron chi connectivity index (χ4n) is 0.705. The van der Waals surface area contributed by atoms with Crippen molar-refractivity contribution in [2.45, 2.75) is 6.42 Å². The standard InChI is InChI=1S/C6H12BIO2P/c8-7-11-5-6(1-3-9)2-4-10/h1,9-11H,2-5H2/b6-1-. The number of aliphatic hydroxyl groups is 2. The Hall–Kier alpha value is 0.885. The van der Waals surface area contributed by atoms with Crippen molar-refractivity contribution in [3.63, 3.8) is 0 Å². The van der Waals surface area contributed by atoms with E-state index in [4.69, 9.17) is 10.2 Å². The molecule has 11 heavy (non-hydrogen) atoms. The molecule has 1 radical (unpaired) electrons. The third-order valence-corrected chi connectivity index (χ3v) is 3.35. The summed E-state index contributed by atoms with van der Waals surface area (Å²) in [4.78, 5) is 2.08. The van der Waals surface area contributed by atoms with Gasteiger partial charge in [0.25, 0.3) is 0 Å². The number of hydrogen-bond donors (Lipinski definition) is 2. The van der Waals surface area contributed by atoms with Gasteiger partial charge in [-0.2, -0.15) is 22.4 Å². The largest absolute Gasteiger partial charge is 0.396 e. The van der Waals surface area contributed by atoms with Crippen LogP contribution in [0.5, 0.6) is 0 Å². The van der Waals surface area contributed by atoms with E-state index in [0.29, 0.717) is 6.42 Å². The van der Waals surface area contributed by atoms with Gasteiger partial charge in [-0.1, -0.05) is 11.6 Å². The van der Waals surface area contributed by atoms with E-state index in [-0.39, 0.29) is 13.2 Å². The molecule has 0 aliphatic rings. The van der Waals surface area contributed by atoms with Gasteiger partial charge in [-0.05, 0) is 12.6 Å². The van der Waals surface area contributed by atoms with Crippen LogP contribution in [0.15, 0.2) is 11.6 Å². The highest BCUT2D eigenvalue weighted by Crippen LogP contribution is 2.17. The summed E-state index contributed by atoms with van der Waals surface area (Å²) in [5.74, 6) is 0. The molecule has 0 heterocycles. The number of hydrogen-bond acceptors (Lipinski definition) is 2. The Morgan fingerprint density at radius 1 is 1.55 bits per heavy atom. The fraction of sp³-hybridized carbons (Fsp3) is 0.667. The van der Waals surface area contributed by atoms with Gasteiger partial charge >= 0.3 is 0 Å². The molecule has 0 aromatic rings. The molecule has 0 fully saturated rings. The van der Waals surface area contributed by atoms with Crippen LogP contribution in [-0.4, -0.2) is 34.4 Å². The van der Waals surface area contributed by atoms with Gasteiger partial charge in [0, 0.05) is 6.61 Å². The average molecular weight is 285 g/mol. The smallest absolute Gasteiger partial charge is 0.230 e. The Morgan fingerprint density at radius 2 is 2.27 bits per heavy atom. The first kappa shape index (κ1) is 11.9. The molecular weight excluding hydrogens is 273 g/mol. The molecule has 0 saturated heterocycles. The molecule has 0 aliphatic heterocycles. The van der Waals surface area contributed by atoms with Gasteiger partial charge in [0.1, 0.15) is 0 Å². The Kier molecular flexibility index (Phi) is 9.70. The topological polar surface area (TPSA) is 40.5 Å². The van der Waals surface area contributed by atoms with E-state index in [1.165, 1.54) is 0 Å². The van der Waals surface area contributed by atoms with Crippen molar-refractivity contribution >= 4 is 35.7 Å². The summed E-state index contributed by atoms with van der Waals surface area (Å²) in [6, 6.07) is 0. The van der Waals surface area contributed by atoms with Gasteiger partial charge in [-0.25, -0.2) is 0 Å². The van der Waals surface area contributed by atoms with Crippen molar-refractivity contribution in [3.8, 4) is 0 Å². The van der Waals surface area contributed by atoms with E-state index in [0.717, 1.165) is 20.2 Å². The first-order chi connectivity index (χ1) is 5.35. The van der Waals surface area contributed by atoms with Crippen molar-refractivity contribution in [1.82, 2.24) is 0 Å². The van der Waals surface area contributed by atoms with Crippen molar-refractivity contribution in [2.75, 3.05) is 19.4 Å². The van der Waals surface area contributed by atoms with Gasteiger partial charge in [0.05, 0.1) is 6.61 Å². The van der Waals surface area contributed by atoms with Crippen molar-refractivity contribution in [3.05, 3.63) is 11.6 Å². The zero-order valence-corrected chi connectivity index (χ0v) is 9.41. The number of rotatable bonds is 6. The lowest BCUT2D eigenvalue weighted by Crippen LogP contribution is -1.93. The molecule has 0 aliphatic carbocycles. The summed E-state index contributed by atoms with van der Waals surface area (Å²) in [5.41, 5.74) is 1.15. The predicted octanol–water partition coefficient (Wildman–Crippen LogP) is 0.935. The highest BCUT2D eigenvalue weighted by molar-refractivity contribution is 14.1. The van der Waals surface area contributed by atoms with Gasteiger partial charge in [0.15, 0.2) is 0 Å². The second-order valence-corrected chi connectivity index (χ2v) is 4.86. The van der Waals surface area contributed by atoms with Crippen LogP contribution < -0.4 is 0 Å². The molecule has 2 nitrogen and oxygen atoms in total. The Balaban J connectivity index is 3.60. The SMILES string of the molecule is OC/C=C(/CCO)CP[B]I. The maximum absolute atomic E-state index is 8.63. The van der Waals surface area contributed by atoms with Crippen molar-refractivity contribution in [1.29, 1.82) is 0 Å². The lowest BCUT2D eigenvalue weighted by atomic mass is 10.2. The third-order valence-electron chi connectivity index (χ3n) is 1.22. The molecular formula is C6H12BIO2P. The molecule has 0 aromatic carbocycles. The van der Waals surface area contributed by atoms with E-state index < -0.39 is 0 Å². The fourth-order valence-corrected chi connectivity index (χ4v) is 2.03. The van der Waals surface area contributed by atoms with Gasteiger partial charge < -0.3 is 10.2 Å². The van der Waals surface area contributed by atoms with E-state index in [1.807, 2.05) is 0 Å². The lowest BCUT2D eigenvalue weighted by molar-refractivity contribution is 0.298. The number of aliphatic hydroxyl groups excluding tert-OH is 2. The number of halogens is 1. The average Bonchev–Trinajstić information content (AvgIpc) is 2.01. The molecule has 0 amide bonds. The van der Waals surface area contributed by atoms with Gasteiger partial charge in [-0.3, -0.25) is 0 Å². The third kappa shape index (κ3) is 7.25. The zero-order valence-electron chi connectivity index (χ0n) is 6.26.